The maximum absolute atomic E-state index is 13.2. The molecule has 2 aromatic carbocycles. The first kappa shape index (κ1) is 22.6. The van der Waals surface area contributed by atoms with E-state index in [4.69, 9.17) is 9.47 Å². The fraction of sp³-hybridized carbons (Fsp3) is 0.231. The van der Waals surface area contributed by atoms with Gasteiger partial charge in [-0.15, -0.1) is 11.3 Å². The number of aliphatic hydroxyl groups excluding tert-OH is 1. The van der Waals surface area contributed by atoms with Crippen molar-refractivity contribution in [1.82, 2.24) is 4.90 Å². The number of ketones is 1. The smallest absolute Gasteiger partial charge is 0.295 e. The van der Waals surface area contributed by atoms with Crippen LogP contribution in [0.3, 0.4) is 0 Å². The molecule has 1 unspecified atom stereocenters. The number of para-hydroxylation sites is 1. The Bertz CT molecular complexity index is 1180. The normalized spacial score (nSPS) is 17.6. The van der Waals surface area contributed by atoms with Crippen LogP contribution >= 0.6 is 11.3 Å². The molecular formula is C26H25NO5S. The summed E-state index contributed by atoms with van der Waals surface area (Å²) in [4.78, 5) is 28.7. The minimum atomic E-state index is -0.783. The lowest BCUT2D eigenvalue weighted by Gasteiger charge is -2.26. The van der Waals surface area contributed by atoms with Crippen LogP contribution < -0.4 is 9.47 Å². The Morgan fingerprint density at radius 2 is 1.79 bits per heavy atom. The Balaban J connectivity index is 1.83. The summed E-state index contributed by atoms with van der Waals surface area (Å²) in [6.07, 6.45) is 0.0116. The Hall–Kier alpha value is -3.58. The van der Waals surface area contributed by atoms with Crippen molar-refractivity contribution in [3.05, 3.63) is 87.6 Å². The first-order chi connectivity index (χ1) is 15.9. The van der Waals surface area contributed by atoms with Gasteiger partial charge in [-0.1, -0.05) is 24.3 Å². The third kappa shape index (κ3) is 4.50. The van der Waals surface area contributed by atoms with Crippen LogP contribution in [0.5, 0.6) is 11.5 Å². The third-order valence-corrected chi connectivity index (χ3v) is 6.24. The van der Waals surface area contributed by atoms with Crippen molar-refractivity contribution in [2.24, 2.45) is 0 Å². The number of thiophene rings is 1. The quantitative estimate of drug-likeness (QED) is 0.297. The highest BCUT2D eigenvalue weighted by atomic mass is 32.1. The molecule has 6 nitrogen and oxygen atoms in total. The molecule has 1 aliphatic heterocycles. The van der Waals surface area contributed by atoms with Crippen LogP contribution in [0.15, 0.2) is 71.6 Å². The van der Waals surface area contributed by atoms with Gasteiger partial charge in [0, 0.05) is 16.0 Å². The fourth-order valence-electron chi connectivity index (χ4n) is 3.95. The van der Waals surface area contributed by atoms with E-state index in [9.17, 15) is 14.7 Å². The highest BCUT2D eigenvalue weighted by Crippen LogP contribution is 2.43. The monoisotopic (exact) mass is 463 g/mol. The van der Waals surface area contributed by atoms with Gasteiger partial charge >= 0.3 is 0 Å². The maximum atomic E-state index is 13.2. The summed E-state index contributed by atoms with van der Waals surface area (Å²) in [5.74, 6) is -0.412. The van der Waals surface area contributed by atoms with Crippen LogP contribution in [0.1, 0.15) is 35.9 Å². The Kier molecular flexibility index (Phi) is 6.51. The number of carbonyl (C=O) groups is 2. The zero-order valence-electron chi connectivity index (χ0n) is 18.6. The number of hydrogen-bond acceptors (Lipinski definition) is 6. The van der Waals surface area contributed by atoms with E-state index in [1.54, 1.807) is 30.3 Å². The molecule has 0 spiro atoms. The molecule has 1 amide bonds. The fourth-order valence-corrected chi connectivity index (χ4v) is 4.65. The molecule has 33 heavy (non-hydrogen) atoms. The number of Topliss-reactive ketones (excluding diaryl/α,β-unsaturated/α-hetero) is 1. The predicted molar refractivity (Wildman–Crippen MR) is 127 cm³/mol. The molecular weight excluding hydrogens is 438 g/mol. The van der Waals surface area contributed by atoms with Crippen molar-refractivity contribution in [1.29, 1.82) is 0 Å². The molecule has 0 radical (unpaired) electrons. The van der Waals surface area contributed by atoms with Crippen molar-refractivity contribution in [3.8, 4) is 11.5 Å². The summed E-state index contributed by atoms with van der Waals surface area (Å²) >= 11 is 1.50. The third-order valence-electron chi connectivity index (χ3n) is 5.38. The Labute approximate surface area is 196 Å². The molecule has 1 N–H and O–H groups in total. The zero-order valence-corrected chi connectivity index (χ0v) is 19.5. The molecule has 1 fully saturated rings. The number of likely N-dealkylation sites (tertiary alicyclic amines) is 1. The van der Waals surface area contributed by atoms with Crippen LogP contribution in [0.4, 0.5) is 0 Å². The number of benzene rings is 2. The van der Waals surface area contributed by atoms with Gasteiger partial charge in [0.1, 0.15) is 17.3 Å². The minimum Gasteiger partial charge on any atom is -0.507 e. The molecule has 7 heteroatoms. The minimum absolute atomic E-state index is 0.0116. The van der Waals surface area contributed by atoms with E-state index < -0.39 is 17.7 Å². The van der Waals surface area contributed by atoms with Gasteiger partial charge < -0.3 is 19.5 Å². The second-order valence-corrected chi connectivity index (χ2v) is 8.97. The van der Waals surface area contributed by atoms with E-state index in [2.05, 4.69) is 0 Å². The molecule has 1 saturated heterocycles. The van der Waals surface area contributed by atoms with Crippen molar-refractivity contribution in [2.75, 3.05) is 7.11 Å². The van der Waals surface area contributed by atoms with Crippen molar-refractivity contribution < 1.29 is 24.2 Å². The van der Waals surface area contributed by atoms with Gasteiger partial charge in [-0.05, 0) is 55.6 Å². The van der Waals surface area contributed by atoms with Crippen LogP contribution in [-0.4, -0.2) is 34.9 Å². The van der Waals surface area contributed by atoms with E-state index in [0.717, 1.165) is 4.88 Å². The van der Waals surface area contributed by atoms with E-state index >= 15 is 0 Å². The standard InChI is InChI=1S/C26H25NO5S/c1-16(2)32-18-12-10-17(11-13-18)24(28)22-23(20-8-4-5-9-21(20)31-3)27(26(30)25(22)29)15-19-7-6-14-33-19/h4-14,16,23,28H,15H2,1-3H3/b24-22-. The first-order valence-corrected chi connectivity index (χ1v) is 11.5. The second-order valence-electron chi connectivity index (χ2n) is 7.94. The molecule has 0 saturated carbocycles. The van der Waals surface area contributed by atoms with Gasteiger partial charge in [-0.25, -0.2) is 0 Å². The van der Waals surface area contributed by atoms with Crippen LogP contribution in [0.25, 0.3) is 5.76 Å². The van der Waals surface area contributed by atoms with Gasteiger partial charge in [0.05, 0.1) is 31.4 Å². The number of methoxy groups -OCH3 is 1. The number of nitrogens with zero attached hydrogens (tertiary/aromatic N) is 1. The molecule has 170 valence electrons. The molecule has 3 aromatic rings. The molecule has 2 heterocycles. The highest BCUT2D eigenvalue weighted by Gasteiger charge is 2.47. The van der Waals surface area contributed by atoms with Gasteiger partial charge in [0.15, 0.2) is 0 Å². The summed E-state index contributed by atoms with van der Waals surface area (Å²) < 4.78 is 11.2. The van der Waals surface area contributed by atoms with Crippen molar-refractivity contribution in [2.45, 2.75) is 32.5 Å². The Morgan fingerprint density at radius 1 is 1.06 bits per heavy atom. The number of carbonyl (C=O) groups excluding carboxylic acids is 2. The number of hydrogen-bond donors (Lipinski definition) is 1. The van der Waals surface area contributed by atoms with E-state index in [-0.39, 0.29) is 24.0 Å². The summed E-state index contributed by atoms with van der Waals surface area (Å²) in [6, 6.07) is 17.1. The lowest BCUT2D eigenvalue weighted by atomic mass is 9.94. The van der Waals surface area contributed by atoms with Crippen LogP contribution in [0.2, 0.25) is 0 Å². The summed E-state index contributed by atoms with van der Waals surface area (Å²) in [6.45, 7) is 4.11. The number of rotatable bonds is 7. The highest BCUT2D eigenvalue weighted by molar-refractivity contribution is 7.09. The van der Waals surface area contributed by atoms with Crippen LogP contribution in [-0.2, 0) is 16.1 Å². The average Bonchev–Trinajstić information content (AvgIpc) is 3.41. The predicted octanol–water partition coefficient (Wildman–Crippen LogP) is 5.17. The Morgan fingerprint density at radius 3 is 2.42 bits per heavy atom. The topological polar surface area (TPSA) is 76.1 Å². The van der Waals surface area contributed by atoms with E-state index in [1.165, 1.54) is 23.3 Å². The largest absolute Gasteiger partial charge is 0.507 e. The molecule has 0 aliphatic carbocycles. The molecule has 1 aromatic heterocycles. The first-order valence-electron chi connectivity index (χ1n) is 10.6. The lowest BCUT2D eigenvalue weighted by molar-refractivity contribution is -0.140. The van der Waals surface area contributed by atoms with Crippen molar-refractivity contribution in [3.63, 3.8) is 0 Å². The second kappa shape index (κ2) is 9.50. The van der Waals surface area contributed by atoms with Gasteiger partial charge in [0.2, 0.25) is 0 Å². The zero-order chi connectivity index (χ0) is 23.5. The summed E-state index contributed by atoms with van der Waals surface area (Å²) in [5.41, 5.74) is 1.11. The van der Waals surface area contributed by atoms with Gasteiger partial charge in [-0.3, -0.25) is 9.59 Å². The SMILES string of the molecule is COc1ccccc1C1/C(=C(/O)c2ccc(OC(C)C)cc2)C(=O)C(=O)N1Cc1cccs1. The average molecular weight is 464 g/mol. The van der Waals surface area contributed by atoms with E-state index in [1.807, 2.05) is 49.6 Å². The summed E-state index contributed by atoms with van der Waals surface area (Å²) in [5, 5.41) is 13.1. The van der Waals surface area contributed by atoms with Gasteiger partial charge in [-0.2, -0.15) is 0 Å². The number of amides is 1. The lowest BCUT2D eigenvalue weighted by Crippen LogP contribution is -2.29. The molecule has 1 aliphatic rings. The summed E-state index contributed by atoms with van der Waals surface area (Å²) in [7, 11) is 1.54. The van der Waals surface area contributed by atoms with Gasteiger partial charge in [0.25, 0.3) is 11.7 Å². The van der Waals surface area contributed by atoms with E-state index in [0.29, 0.717) is 22.6 Å². The van der Waals surface area contributed by atoms with Crippen LogP contribution in [0, 0.1) is 0 Å². The number of ether oxygens (including phenoxy) is 2. The maximum Gasteiger partial charge on any atom is 0.295 e. The molecule has 1 atom stereocenters. The van der Waals surface area contributed by atoms with Crippen molar-refractivity contribution >= 4 is 28.8 Å². The molecule has 4 rings (SSSR count). The number of aliphatic hydroxyl groups is 1. The molecule has 0 bridgehead atoms.